The molecule has 1 saturated carbocycles. The smallest absolute Gasteiger partial charge is 0.122 e. The van der Waals surface area contributed by atoms with E-state index in [1.807, 2.05) is 0 Å². The fraction of sp³-hybridized carbons (Fsp3) is 0.625. The van der Waals surface area contributed by atoms with Crippen molar-refractivity contribution >= 4 is 0 Å². The van der Waals surface area contributed by atoms with Gasteiger partial charge in [-0.15, -0.1) is 0 Å². The quantitative estimate of drug-likeness (QED) is 0.877. The van der Waals surface area contributed by atoms with Crippen molar-refractivity contribution in [3.8, 4) is 5.75 Å². The van der Waals surface area contributed by atoms with E-state index >= 15 is 0 Å². The molecule has 1 aromatic rings. The van der Waals surface area contributed by atoms with Crippen LogP contribution in [-0.2, 0) is 6.42 Å². The summed E-state index contributed by atoms with van der Waals surface area (Å²) in [5, 5.41) is 3.80. The summed E-state index contributed by atoms with van der Waals surface area (Å²) in [6.07, 6.45) is 3.51. The molecule has 2 nitrogen and oxygen atoms in total. The van der Waals surface area contributed by atoms with E-state index in [-0.39, 0.29) is 0 Å². The van der Waals surface area contributed by atoms with Crippen LogP contribution in [0.25, 0.3) is 0 Å². The zero-order valence-corrected chi connectivity index (χ0v) is 11.6. The molecule has 1 heterocycles. The van der Waals surface area contributed by atoms with Crippen molar-refractivity contribution in [2.45, 2.75) is 52.1 Å². The van der Waals surface area contributed by atoms with E-state index in [2.05, 4.69) is 44.3 Å². The summed E-state index contributed by atoms with van der Waals surface area (Å²) in [6, 6.07) is 7.87. The summed E-state index contributed by atoms with van der Waals surface area (Å²) in [4.78, 5) is 0. The van der Waals surface area contributed by atoms with Crippen LogP contribution in [0, 0.1) is 5.41 Å². The predicted molar refractivity (Wildman–Crippen MR) is 74.0 cm³/mol. The standard InChI is InChI=1S/C16H23NO/c1-4-13(17-15-10-16(15,2)3)11-5-6-14-12(9-11)7-8-18-14/h5-6,9,13,15,17H,4,7-8,10H2,1-3H3. The van der Waals surface area contributed by atoms with Gasteiger partial charge in [0, 0.05) is 18.5 Å². The van der Waals surface area contributed by atoms with Crippen LogP contribution in [0.2, 0.25) is 0 Å². The lowest BCUT2D eigenvalue weighted by atomic mass is 10.0. The van der Waals surface area contributed by atoms with Gasteiger partial charge in [-0.2, -0.15) is 0 Å². The summed E-state index contributed by atoms with van der Waals surface area (Å²) >= 11 is 0. The van der Waals surface area contributed by atoms with Crippen molar-refractivity contribution in [3.63, 3.8) is 0 Å². The van der Waals surface area contributed by atoms with Crippen LogP contribution in [0.5, 0.6) is 5.75 Å². The highest BCUT2D eigenvalue weighted by molar-refractivity contribution is 5.40. The minimum absolute atomic E-state index is 0.489. The van der Waals surface area contributed by atoms with E-state index < -0.39 is 0 Å². The van der Waals surface area contributed by atoms with Crippen molar-refractivity contribution in [1.29, 1.82) is 0 Å². The Labute approximate surface area is 110 Å². The first-order valence-corrected chi connectivity index (χ1v) is 7.12. The van der Waals surface area contributed by atoms with Crippen molar-refractivity contribution in [2.24, 2.45) is 5.41 Å². The molecule has 3 rings (SSSR count). The maximum Gasteiger partial charge on any atom is 0.122 e. The minimum atomic E-state index is 0.489. The highest BCUT2D eigenvalue weighted by Crippen LogP contribution is 2.46. The molecule has 0 amide bonds. The largest absolute Gasteiger partial charge is 0.493 e. The minimum Gasteiger partial charge on any atom is -0.493 e. The number of benzene rings is 1. The molecule has 1 aliphatic heterocycles. The van der Waals surface area contributed by atoms with Gasteiger partial charge in [0.05, 0.1) is 6.61 Å². The molecule has 1 aromatic carbocycles. The number of nitrogens with one attached hydrogen (secondary N) is 1. The fourth-order valence-electron chi connectivity index (χ4n) is 2.87. The molecule has 2 atom stereocenters. The highest BCUT2D eigenvalue weighted by Gasteiger charge is 2.46. The van der Waals surface area contributed by atoms with Crippen LogP contribution in [-0.4, -0.2) is 12.6 Å². The van der Waals surface area contributed by atoms with Gasteiger partial charge in [-0.1, -0.05) is 32.9 Å². The van der Waals surface area contributed by atoms with E-state index in [0.717, 1.165) is 25.2 Å². The van der Waals surface area contributed by atoms with Gasteiger partial charge in [0.1, 0.15) is 5.75 Å². The third kappa shape index (κ3) is 2.14. The lowest BCUT2D eigenvalue weighted by Gasteiger charge is -2.19. The maximum atomic E-state index is 5.57. The monoisotopic (exact) mass is 245 g/mol. The average Bonchev–Trinajstić information content (AvgIpc) is 2.78. The molecule has 0 spiro atoms. The molecule has 0 bridgehead atoms. The van der Waals surface area contributed by atoms with Gasteiger partial charge in [-0.3, -0.25) is 0 Å². The van der Waals surface area contributed by atoms with Gasteiger partial charge in [0.25, 0.3) is 0 Å². The third-order valence-corrected chi connectivity index (χ3v) is 4.44. The van der Waals surface area contributed by atoms with Gasteiger partial charge >= 0.3 is 0 Å². The molecular weight excluding hydrogens is 222 g/mol. The predicted octanol–water partition coefficient (Wildman–Crippen LogP) is 3.46. The first kappa shape index (κ1) is 12.0. The maximum absolute atomic E-state index is 5.57. The van der Waals surface area contributed by atoms with Gasteiger partial charge in [0.2, 0.25) is 0 Å². The number of hydrogen-bond donors (Lipinski definition) is 1. The van der Waals surface area contributed by atoms with E-state index in [1.54, 1.807) is 0 Å². The summed E-state index contributed by atoms with van der Waals surface area (Å²) in [6.45, 7) is 7.79. The first-order chi connectivity index (χ1) is 8.60. The van der Waals surface area contributed by atoms with Crippen molar-refractivity contribution in [3.05, 3.63) is 29.3 Å². The number of ether oxygens (including phenoxy) is 1. The normalized spacial score (nSPS) is 25.4. The van der Waals surface area contributed by atoms with Crippen LogP contribution >= 0.6 is 0 Å². The van der Waals surface area contributed by atoms with E-state index in [9.17, 15) is 0 Å². The third-order valence-electron chi connectivity index (χ3n) is 4.44. The van der Waals surface area contributed by atoms with Gasteiger partial charge in [-0.25, -0.2) is 0 Å². The van der Waals surface area contributed by atoms with Crippen LogP contribution in [0.4, 0.5) is 0 Å². The summed E-state index contributed by atoms with van der Waals surface area (Å²) in [7, 11) is 0. The molecule has 1 aliphatic carbocycles. The Hall–Kier alpha value is -1.02. The summed E-state index contributed by atoms with van der Waals surface area (Å²) < 4.78 is 5.57. The highest BCUT2D eigenvalue weighted by atomic mass is 16.5. The van der Waals surface area contributed by atoms with Crippen LogP contribution in [0.1, 0.15) is 50.8 Å². The Morgan fingerprint density at radius 3 is 2.89 bits per heavy atom. The Morgan fingerprint density at radius 2 is 2.22 bits per heavy atom. The lowest BCUT2D eigenvalue weighted by Crippen LogP contribution is -2.26. The molecule has 2 heteroatoms. The Morgan fingerprint density at radius 1 is 1.44 bits per heavy atom. The van der Waals surface area contributed by atoms with Crippen LogP contribution in [0.3, 0.4) is 0 Å². The SMILES string of the molecule is CCC(NC1CC1(C)C)c1ccc2c(c1)CCO2. The fourth-order valence-corrected chi connectivity index (χ4v) is 2.87. The van der Waals surface area contributed by atoms with Crippen molar-refractivity contribution in [1.82, 2.24) is 5.32 Å². The second-order valence-electron chi connectivity index (χ2n) is 6.34. The lowest BCUT2D eigenvalue weighted by molar-refractivity contribution is 0.356. The molecular formula is C16H23NO. The molecule has 1 fully saturated rings. The van der Waals surface area contributed by atoms with E-state index in [0.29, 0.717) is 17.5 Å². The summed E-state index contributed by atoms with van der Waals surface area (Å²) in [5.41, 5.74) is 3.29. The molecule has 2 unspecified atom stereocenters. The molecule has 18 heavy (non-hydrogen) atoms. The topological polar surface area (TPSA) is 21.3 Å². The number of rotatable bonds is 4. The van der Waals surface area contributed by atoms with E-state index in [4.69, 9.17) is 4.74 Å². The van der Waals surface area contributed by atoms with Gasteiger partial charge in [0.15, 0.2) is 0 Å². The van der Waals surface area contributed by atoms with Crippen molar-refractivity contribution < 1.29 is 4.74 Å². The molecule has 2 aliphatic rings. The zero-order valence-electron chi connectivity index (χ0n) is 11.6. The summed E-state index contributed by atoms with van der Waals surface area (Å²) in [5.74, 6) is 1.08. The Kier molecular flexibility index (Phi) is 2.86. The number of hydrogen-bond acceptors (Lipinski definition) is 2. The number of fused-ring (bicyclic) bond motifs is 1. The first-order valence-electron chi connectivity index (χ1n) is 7.12. The molecule has 98 valence electrons. The van der Waals surface area contributed by atoms with Crippen molar-refractivity contribution in [2.75, 3.05) is 6.61 Å². The van der Waals surface area contributed by atoms with Gasteiger partial charge in [-0.05, 0) is 35.4 Å². The second-order valence-corrected chi connectivity index (χ2v) is 6.34. The van der Waals surface area contributed by atoms with Gasteiger partial charge < -0.3 is 10.1 Å². The molecule has 1 N–H and O–H groups in total. The molecule has 0 aromatic heterocycles. The average molecular weight is 245 g/mol. The molecule has 0 radical (unpaired) electrons. The van der Waals surface area contributed by atoms with E-state index in [1.165, 1.54) is 17.5 Å². The second kappa shape index (κ2) is 4.27. The molecule has 0 saturated heterocycles. The van der Waals surface area contributed by atoms with Crippen LogP contribution < -0.4 is 10.1 Å². The zero-order chi connectivity index (χ0) is 12.8. The van der Waals surface area contributed by atoms with Crippen LogP contribution in [0.15, 0.2) is 18.2 Å². The Balaban J connectivity index is 1.75. The Bertz CT molecular complexity index is 452.